The van der Waals surface area contributed by atoms with Gasteiger partial charge in [-0.1, -0.05) is 24.3 Å². The van der Waals surface area contributed by atoms with Crippen molar-refractivity contribution in [2.24, 2.45) is 0 Å². The van der Waals surface area contributed by atoms with Gasteiger partial charge in [-0.3, -0.25) is 14.5 Å². The Morgan fingerprint density at radius 3 is 2.60 bits per heavy atom. The maximum atomic E-state index is 12.3. The minimum atomic E-state index is -0.304. The number of hydrogen-bond donors (Lipinski definition) is 2. The van der Waals surface area contributed by atoms with Crippen molar-refractivity contribution in [3.63, 3.8) is 0 Å². The lowest BCUT2D eigenvalue weighted by Crippen LogP contribution is -2.51. The number of amides is 1. The highest BCUT2D eigenvalue weighted by molar-refractivity contribution is 5.92. The SMILES string of the molecule is O=C(N[C@@H]1CCCN(C2Cc3ccccc3C2)C1)c1ccc(=O)[nH]n1. The maximum Gasteiger partial charge on any atom is 0.271 e. The summed E-state index contributed by atoms with van der Waals surface area (Å²) in [6.07, 6.45) is 4.25. The van der Waals surface area contributed by atoms with E-state index in [9.17, 15) is 9.59 Å². The molecular weight excluding hydrogens is 316 g/mol. The quantitative estimate of drug-likeness (QED) is 0.879. The predicted octanol–water partition coefficient (Wildman–Crippen LogP) is 1.13. The van der Waals surface area contributed by atoms with E-state index in [1.165, 1.54) is 23.3 Å². The Morgan fingerprint density at radius 2 is 1.92 bits per heavy atom. The molecule has 1 saturated heterocycles. The van der Waals surface area contributed by atoms with Crippen LogP contribution in [0.15, 0.2) is 41.2 Å². The van der Waals surface area contributed by atoms with Gasteiger partial charge in [-0.05, 0) is 49.4 Å². The molecule has 1 amide bonds. The van der Waals surface area contributed by atoms with Gasteiger partial charge in [-0.2, -0.15) is 5.10 Å². The zero-order chi connectivity index (χ0) is 17.2. The van der Waals surface area contributed by atoms with Crippen LogP contribution in [0.25, 0.3) is 0 Å². The van der Waals surface area contributed by atoms with Gasteiger partial charge < -0.3 is 5.32 Å². The first-order chi connectivity index (χ1) is 12.2. The van der Waals surface area contributed by atoms with E-state index >= 15 is 0 Å². The first-order valence-electron chi connectivity index (χ1n) is 8.86. The molecule has 1 atom stereocenters. The minimum absolute atomic E-state index is 0.124. The van der Waals surface area contributed by atoms with E-state index in [-0.39, 0.29) is 23.2 Å². The van der Waals surface area contributed by atoms with Gasteiger partial charge in [0.25, 0.3) is 11.5 Å². The van der Waals surface area contributed by atoms with E-state index in [0.29, 0.717) is 6.04 Å². The van der Waals surface area contributed by atoms with Gasteiger partial charge in [-0.25, -0.2) is 5.10 Å². The molecule has 4 rings (SSSR count). The van der Waals surface area contributed by atoms with Crippen LogP contribution in [0.5, 0.6) is 0 Å². The molecule has 2 aromatic rings. The highest BCUT2D eigenvalue weighted by atomic mass is 16.2. The summed E-state index contributed by atoms with van der Waals surface area (Å²) in [6, 6.07) is 12.1. The van der Waals surface area contributed by atoms with Crippen LogP contribution < -0.4 is 10.9 Å². The predicted molar refractivity (Wildman–Crippen MR) is 94.6 cm³/mol. The molecule has 2 heterocycles. The third-order valence-corrected chi connectivity index (χ3v) is 5.25. The van der Waals surface area contributed by atoms with Gasteiger partial charge in [0.1, 0.15) is 5.69 Å². The summed E-state index contributed by atoms with van der Waals surface area (Å²) in [4.78, 5) is 25.9. The van der Waals surface area contributed by atoms with Crippen molar-refractivity contribution in [1.29, 1.82) is 0 Å². The number of carbonyl (C=O) groups excluding carboxylic acids is 1. The van der Waals surface area contributed by atoms with E-state index in [0.717, 1.165) is 38.8 Å². The summed E-state index contributed by atoms with van der Waals surface area (Å²) in [5, 5.41) is 9.17. The molecule has 1 aromatic heterocycles. The largest absolute Gasteiger partial charge is 0.347 e. The molecule has 6 nitrogen and oxygen atoms in total. The molecule has 2 aliphatic rings. The van der Waals surface area contributed by atoms with E-state index < -0.39 is 0 Å². The zero-order valence-electron chi connectivity index (χ0n) is 14.1. The third-order valence-electron chi connectivity index (χ3n) is 5.25. The Kier molecular flexibility index (Phi) is 4.36. The van der Waals surface area contributed by atoms with Gasteiger partial charge in [0, 0.05) is 24.7 Å². The van der Waals surface area contributed by atoms with Gasteiger partial charge in [0.05, 0.1) is 0 Å². The molecular formula is C19H22N4O2. The normalized spacial score (nSPS) is 21.0. The summed E-state index contributed by atoms with van der Waals surface area (Å²) in [5.74, 6) is -0.224. The number of likely N-dealkylation sites (tertiary alicyclic amines) is 1. The highest BCUT2D eigenvalue weighted by Gasteiger charge is 2.31. The molecule has 0 bridgehead atoms. The van der Waals surface area contributed by atoms with Crippen LogP contribution in [0.2, 0.25) is 0 Å². The van der Waals surface area contributed by atoms with Crippen molar-refractivity contribution in [2.45, 2.75) is 37.8 Å². The number of piperidine rings is 1. The van der Waals surface area contributed by atoms with Crippen molar-refractivity contribution < 1.29 is 4.79 Å². The van der Waals surface area contributed by atoms with Crippen LogP contribution >= 0.6 is 0 Å². The van der Waals surface area contributed by atoms with Gasteiger partial charge in [0.15, 0.2) is 0 Å². The highest BCUT2D eigenvalue weighted by Crippen LogP contribution is 2.27. The van der Waals surface area contributed by atoms with Gasteiger partial charge in [-0.15, -0.1) is 0 Å². The minimum Gasteiger partial charge on any atom is -0.347 e. The molecule has 0 spiro atoms. The summed E-state index contributed by atoms with van der Waals surface area (Å²) in [7, 11) is 0. The molecule has 0 saturated carbocycles. The molecule has 130 valence electrons. The Balaban J connectivity index is 1.38. The second kappa shape index (κ2) is 6.80. The molecule has 0 unspecified atom stereocenters. The Bertz CT molecular complexity index is 787. The second-order valence-corrected chi connectivity index (χ2v) is 6.94. The third kappa shape index (κ3) is 3.49. The molecule has 0 radical (unpaired) electrons. The number of rotatable bonds is 3. The average Bonchev–Trinajstić information content (AvgIpc) is 3.07. The van der Waals surface area contributed by atoms with Crippen LogP contribution in [0, 0.1) is 0 Å². The van der Waals surface area contributed by atoms with Crippen molar-refractivity contribution in [2.75, 3.05) is 13.1 Å². The van der Waals surface area contributed by atoms with Crippen molar-refractivity contribution in [3.05, 3.63) is 63.6 Å². The maximum absolute atomic E-state index is 12.3. The van der Waals surface area contributed by atoms with Crippen LogP contribution in [-0.4, -0.2) is 46.2 Å². The van der Waals surface area contributed by atoms with Crippen LogP contribution in [0.4, 0.5) is 0 Å². The van der Waals surface area contributed by atoms with E-state index in [1.54, 1.807) is 0 Å². The first-order valence-corrected chi connectivity index (χ1v) is 8.86. The van der Waals surface area contributed by atoms with E-state index in [4.69, 9.17) is 0 Å². The summed E-state index contributed by atoms with van der Waals surface area (Å²) in [5.41, 5.74) is 2.86. The molecule has 25 heavy (non-hydrogen) atoms. The number of hydrogen-bond acceptors (Lipinski definition) is 4. The smallest absolute Gasteiger partial charge is 0.271 e. The van der Waals surface area contributed by atoms with Gasteiger partial charge >= 0.3 is 0 Å². The van der Waals surface area contributed by atoms with Crippen molar-refractivity contribution in [3.8, 4) is 0 Å². The van der Waals surface area contributed by atoms with Crippen molar-refractivity contribution >= 4 is 5.91 Å². The average molecular weight is 338 g/mol. The molecule has 1 aromatic carbocycles. The molecule has 1 fully saturated rings. The number of aromatic nitrogens is 2. The number of nitrogens with one attached hydrogen (secondary N) is 2. The standard InChI is InChI=1S/C19H22N4O2/c24-18-8-7-17(21-22-18)19(25)20-15-6-3-9-23(12-15)16-10-13-4-1-2-5-14(13)11-16/h1-2,4-5,7-8,15-16H,3,6,9-12H2,(H,20,25)(H,22,24)/t15-/m1/s1. The Morgan fingerprint density at radius 1 is 1.16 bits per heavy atom. The summed E-state index contributed by atoms with van der Waals surface area (Å²) >= 11 is 0. The van der Waals surface area contributed by atoms with Crippen molar-refractivity contribution in [1.82, 2.24) is 20.4 Å². The zero-order valence-corrected chi connectivity index (χ0v) is 14.1. The summed E-state index contributed by atoms with van der Waals surface area (Å²) in [6.45, 7) is 1.95. The molecule has 1 aliphatic heterocycles. The number of carbonyl (C=O) groups is 1. The Hall–Kier alpha value is -2.47. The fourth-order valence-electron chi connectivity index (χ4n) is 3.98. The molecule has 2 N–H and O–H groups in total. The number of benzene rings is 1. The number of fused-ring (bicyclic) bond motifs is 1. The van der Waals surface area contributed by atoms with Crippen LogP contribution in [-0.2, 0) is 12.8 Å². The Labute approximate surface area is 146 Å². The monoisotopic (exact) mass is 338 g/mol. The lowest BCUT2D eigenvalue weighted by molar-refractivity contribution is 0.0870. The lowest BCUT2D eigenvalue weighted by Gasteiger charge is -2.37. The fourth-order valence-corrected chi connectivity index (χ4v) is 3.98. The molecule has 1 aliphatic carbocycles. The second-order valence-electron chi connectivity index (χ2n) is 6.94. The van der Waals surface area contributed by atoms with E-state index in [1.807, 2.05) is 0 Å². The number of H-pyrrole nitrogens is 1. The lowest BCUT2D eigenvalue weighted by atomic mass is 10.0. The number of nitrogens with zero attached hydrogens (tertiary/aromatic N) is 2. The van der Waals surface area contributed by atoms with E-state index in [2.05, 4.69) is 44.7 Å². The fraction of sp³-hybridized carbons (Fsp3) is 0.421. The molecule has 6 heteroatoms. The topological polar surface area (TPSA) is 78.1 Å². The van der Waals surface area contributed by atoms with Crippen LogP contribution in [0.1, 0.15) is 34.5 Å². The summed E-state index contributed by atoms with van der Waals surface area (Å²) < 4.78 is 0. The van der Waals surface area contributed by atoms with Crippen LogP contribution in [0.3, 0.4) is 0 Å². The first kappa shape index (κ1) is 16.0. The van der Waals surface area contributed by atoms with Gasteiger partial charge in [0.2, 0.25) is 0 Å². The number of aromatic amines is 1.